The summed E-state index contributed by atoms with van der Waals surface area (Å²) < 4.78 is 2.00. The third-order valence-electron chi connectivity index (χ3n) is 5.09. The van der Waals surface area contributed by atoms with Crippen LogP contribution in [-0.2, 0) is 17.9 Å². The molecule has 2 aromatic heterocycles. The van der Waals surface area contributed by atoms with Gasteiger partial charge in [0.1, 0.15) is 0 Å². The van der Waals surface area contributed by atoms with Crippen molar-refractivity contribution in [1.29, 1.82) is 0 Å². The highest BCUT2D eigenvalue weighted by molar-refractivity contribution is 7.99. The Bertz CT molecular complexity index is 1170. The van der Waals surface area contributed by atoms with Crippen molar-refractivity contribution < 1.29 is 4.79 Å². The number of hydrogen-bond donors (Lipinski definition) is 1. The molecule has 1 N–H and O–H groups in total. The smallest absolute Gasteiger partial charge is 0.230 e. The number of carbonyl (C=O) groups excluding carboxylic acids is 1. The standard InChI is InChI=1S/C24H24N4OS/c1-17-21(18(2)28(27-17)15-19-8-4-3-5-9-19)14-25-23(29)16-30-24-13-12-20-10-6-7-11-22(20)26-24/h3-13H,14-16H2,1-2H3,(H,25,29). The average Bonchev–Trinajstić information content (AvgIpc) is 3.03. The molecule has 30 heavy (non-hydrogen) atoms. The van der Waals surface area contributed by atoms with Gasteiger partial charge in [0, 0.05) is 23.2 Å². The summed E-state index contributed by atoms with van der Waals surface area (Å²) in [6.45, 7) is 5.25. The number of benzene rings is 2. The molecule has 0 bridgehead atoms. The van der Waals surface area contributed by atoms with Gasteiger partial charge in [-0.2, -0.15) is 5.10 Å². The molecule has 4 rings (SSSR count). The largest absolute Gasteiger partial charge is 0.351 e. The van der Waals surface area contributed by atoms with Gasteiger partial charge in [0.25, 0.3) is 0 Å². The number of fused-ring (bicyclic) bond motifs is 1. The lowest BCUT2D eigenvalue weighted by Crippen LogP contribution is -2.25. The molecule has 4 aromatic rings. The number of nitrogens with zero attached hydrogens (tertiary/aromatic N) is 3. The molecule has 0 aliphatic carbocycles. The molecule has 0 aliphatic rings. The Balaban J connectivity index is 1.34. The van der Waals surface area contributed by atoms with Gasteiger partial charge in [-0.15, -0.1) is 0 Å². The predicted molar refractivity (Wildman–Crippen MR) is 122 cm³/mol. The van der Waals surface area contributed by atoms with Crippen LogP contribution in [0.4, 0.5) is 0 Å². The van der Waals surface area contributed by atoms with Crippen LogP contribution in [0.15, 0.2) is 71.8 Å². The Hall–Kier alpha value is -3.12. The number of nitrogens with one attached hydrogen (secondary N) is 1. The zero-order valence-corrected chi connectivity index (χ0v) is 17.9. The topological polar surface area (TPSA) is 59.8 Å². The van der Waals surface area contributed by atoms with Gasteiger partial charge in [-0.25, -0.2) is 4.98 Å². The maximum atomic E-state index is 12.4. The summed E-state index contributed by atoms with van der Waals surface area (Å²) in [6.07, 6.45) is 0. The molecule has 0 saturated carbocycles. The minimum Gasteiger partial charge on any atom is -0.351 e. The highest BCUT2D eigenvalue weighted by atomic mass is 32.2. The fourth-order valence-corrected chi connectivity index (χ4v) is 4.11. The van der Waals surface area contributed by atoms with E-state index >= 15 is 0 Å². The maximum absolute atomic E-state index is 12.4. The molecular weight excluding hydrogens is 392 g/mol. The Morgan fingerprint density at radius 1 is 1.00 bits per heavy atom. The van der Waals surface area contributed by atoms with Gasteiger partial charge in [0.2, 0.25) is 5.91 Å². The molecule has 0 spiro atoms. The highest BCUT2D eigenvalue weighted by Crippen LogP contribution is 2.20. The number of para-hydroxylation sites is 1. The number of hydrogen-bond acceptors (Lipinski definition) is 4. The van der Waals surface area contributed by atoms with Gasteiger partial charge in [0.15, 0.2) is 0 Å². The Morgan fingerprint density at radius 2 is 1.77 bits per heavy atom. The SMILES string of the molecule is Cc1nn(Cc2ccccc2)c(C)c1CNC(=O)CSc1ccc2ccccc2n1. The molecule has 0 radical (unpaired) electrons. The van der Waals surface area contributed by atoms with E-state index in [4.69, 9.17) is 0 Å². The molecule has 0 aliphatic heterocycles. The van der Waals surface area contributed by atoms with Crippen molar-refractivity contribution in [2.45, 2.75) is 32.0 Å². The molecular formula is C24H24N4OS. The minimum absolute atomic E-state index is 0.00966. The minimum atomic E-state index is -0.00966. The fraction of sp³-hybridized carbons (Fsp3) is 0.208. The fourth-order valence-electron chi connectivity index (χ4n) is 3.41. The van der Waals surface area contributed by atoms with Gasteiger partial charge < -0.3 is 5.32 Å². The van der Waals surface area contributed by atoms with Gasteiger partial charge in [-0.1, -0.05) is 66.4 Å². The molecule has 1 amide bonds. The second-order valence-electron chi connectivity index (χ2n) is 7.20. The maximum Gasteiger partial charge on any atom is 0.230 e. The quantitative estimate of drug-likeness (QED) is 0.451. The monoisotopic (exact) mass is 416 g/mol. The van der Waals surface area contributed by atoms with E-state index in [0.29, 0.717) is 12.3 Å². The summed E-state index contributed by atoms with van der Waals surface area (Å²) in [5.74, 6) is 0.325. The zero-order valence-electron chi connectivity index (χ0n) is 17.1. The van der Waals surface area contributed by atoms with Crippen molar-refractivity contribution in [3.8, 4) is 0 Å². The second-order valence-corrected chi connectivity index (χ2v) is 8.20. The van der Waals surface area contributed by atoms with Crippen molar-refractivity contribution in [1.82, 2.24) is 20.1 Å². The van der Waals surface area contributed by atoms with Gasteiger partial charge in [-0.3, -0.25) is 9.48 Å². The van der Waals surface area contributed by atoms with Gasteiger partial charge in [0.05, 0.1) is 28.5 Å². The molecule has 2 aromatic carbocycles. The molecule has 0 saturated heterocycles. The van der Waals surface area contributed by atoms with Crippen LogP contribution in [-0.4, -0.2) is 26.4 Å². The number of aryl methyl sites for hydroxylation is 1. The van der Waals surface area contributed by atoms with Crippen LogP contribution >= 0.6 is 11.8 Å². The van der Waals surface area contributed by atoms with E-state index in [0.717, 1.165) is 39.4 Å². The highest BCUT2D eigenvalue weighted by Gasteiger charge is 2.13. The van der Waals surface area contributed by atoms with Crippen molar-refractivity contribution in [3.63, 3.8) is 0 Å². The van der Waals surface area contributed by atoms with E-state index in [-0.39, 0.29) is 5.91 Å². The lowest BCUT2D eigenvalue weighted by atomic mass is 10.2. The Labute approximate surface area is 180 Å². The molecule has 0 fully saturated rings. The Kier molecular flexibility index (Phi) is 6.14. The summed E-state index contributed by atoms with van der Waals surface area (Å²) in [7, 11) is 0. The van der Waals surface area contributed by atoms with Crippen molar-refractivity contribution in [2.24, 2.45) is 0 Å². The summed E-state index contributed by atoms with van der Waals surface area (Å²) in [5.41, 5.74) is 5.26. The number of carbonyl (C=O) groups is 1. The third kappa shape index (κ3) is 4.71. The molecule has 2 heterocycles. The van der Waals surface area contributed by atoms with Crippen molar-refractivity contribution in [2.75, 3.05) is 5.75 Å². The lowest BCUT2D eigenvalue weighted by molar-refractivity contribution is -0.118. The summed E-state index contributed by atoms with van der Waals surface area (Å²) in [5, 5.41) is 9.64. The van der Waals surface area contributed by atoms with Crippen LogP contribution in [0.5, 0.6) is 0 Å². The van der Waals surface area contributed by atoms with Crippen LogP contribution < -0.4 is 5.32 Å². The number of rotatable bonds is 7. The number of pyridine rings is 1. The molecule has 5 nitrogen and oxygen atoms in total. The zero-order chi connectivity index (χ0) is 20.9. The predicted octanol–water partition coefficient (Wildman–Crippen LogP) is 4.50. The van der Waals surface area contributed by atoms with Crippen LogP contribution in [0.2, 0.25) is 0 Å². The van der Waals surface area contributed by atoms with Crippen LogP contribution in [0.3, 0.4) is 0 Å². The lowest BCUT2D eigenvalue weighted by Gasteiger charge is -2.08. The van der Waals surface area contributed by atoms with Crippen LogP contribution in [0.1, 0.15) is 22.5 Å². The average molecular weight is 417 g/mol. The number of amides is 1. The summed E-state index contributed by atoms with van der Waals surface area (Å²) >= 11 is 1.45. The summed E-state index contributed by atoms with van der Waals surface area (Å²) in [6, 6.07) is 22.2. The summed E-state index contributed by atoms with van der Waals surface area (Å²) in [4.78, 5) is 17.0. The van der Waals surface area contributed by atoms with E-state index in [2.05, 4.69) is 34.5 Å². The van der Waals surface area contributed by atoms with Crippen molar-refractivity contribution in [3.05, 3.63) is 89.2 Å². The van der Waals surface area contributed by atoms with E-state index in [1.54, 1.807) is 0 Å². The molecule has 152 valence electrons. The number of thioether (sulfide) groups is 1. The first kappa shape index (κ1) is 20.2. The number of aromatic nitrogens is 3. The first-order valence-corrected chi connectivity index (χ1v) is 10.9. The van der Waals surface area contributed by atoms with E-state index in [1.807, 2.05) is 66.2 Å². The normalized spacial score (nSPS) is 11.0. The Morgan fingerprint density at radius 3 is 2.60 bits per heavy atom. The molecule has 0 unspecified atom stereocenters. The first-order chi connectivity index (χ1) is 14.6. The van der Waals surface area contributed by atoms with Crippen LogP contribution in [0.25, 0.3) is 10.9 Å². The molecule has 0 atom stereocenters. The van der Waals surface area contributed by atoms with Crippen molar-refractivity contribution >= 4 is 28.6 Å². The second kappa shape index (κ2) is 9.13. The molecule has 6 heteroatoms. The van der Waals surface area contributed by atoms with Crippen LogP contribution in [0, 0.1) is 13.8 Å². The first-order valence-electron chi connectivity index (χ1n) is 9.92. The van der Waals surface area contributed by atoms with Gasteiger partial charge in [-0.05, 0) is 31.5 Å². The van der Waals surface area contributed by atoms with E-state index in [1.165, 1.54) is 17.3 Å². The van der Waals surface area contributed by atoms with Gasteiger partial charge >= 0.3 is 0 Å². The van der Waals surface area contributed by atoms with E-state index < -0.39 is 0 Å². The van der Waals surface area contributed by atoms with E-state index in [9.17, 15) is 4.79 Å². The third-order valence-corrected chi connectivity index (χ3v) is 6.02.